The Hall–Kier alpha value is -0.330. The molecule has 0 heterocycles. The van der Waals surface area contributed by atoms with E-state index in [1.165, 1.54) is 57.8 Å². The van der Waals surface area contributed by atoms with Crippen molar-refractivity contribution in [2.24, 2.45) is 34.5 Å². The van der Waals surface area contributed by atoms with Gasteiger partial charge in [-0.1, -0.05) is 33.1 Å². The minimum atomic E-state index is 0.363. The smallest absolute Gasteiger partial charge is 0.136 e. The molecular weight excluding hydrogens is 244 g/mol. The molecule has 4 fully saturated rings. The van der Waals surface area contributed by atoms with Crippen molar-refractivity contribution < 1.29 is 4.79 Å². The van der Waals surface area contributed by atoms with Crippen molar-refractivity contribution in [3.63, 3.8) is 0 Å². The number of hydrogen-bond acceptors (Lipinski definition) is 1. The highest BCUT2D eigenvalue weighted by Crippen LogP contribution is 2.65. The Kier molecular flexibility index (Phi) is 2.89. The number of carbonyl (C=O) groups excluding carboxylic acids is 1. The van der Waals surface area contributed by atoms with Crippen LogP contribution in [0.4, 0.5) is 0 Å². The van der Waals surface area contributed by atoms with Crippen LogP contribution < -0.4 is 0 Å². The van der Waals surface area contributed by atoms with Crippen LogP contribution >= 0.6 is 0 Å². The third kappa shape index (κ3) is 1.64. The van der Waals surface area contributed by atoms with Gasteiger partial charge in [0.15, 0.2) is 0 Å². The average molecular weight is 274 g/mol. The highest BCUT2D eigenvalue weighted by molar-refractivity contribution is 5.83. The summed E-state index contributed by atoms with van der Waals surface area (Å²) in [7, 11) is 0. The molecule has 0 aromatic heterocycles. The molecule has 0 spiro atoms. The second-order valence-corrected chi connectivity index (χ2v) is 8.94. The summed E-state index contributed by atoms with van der Waals surface area (Å²) in [6, 6.07) is 0. The minimum absolute atomic E-state index is 0.363. The maximum Gasteiger partial charge on any atom is 0.136 e. The molecule has 4 aliphatic carbocycles. The molecule has 0 aromatic carbocycles. The van der Waals surface area contributed by atoms with Crippen LogP contribution in [0.3, 0.4) is 0 Å². The van der Waals surface area contributed by atoms with Gasteiger partial charge in [-0.25, -0.2) is 0 Å². The first kappa shape index (κ1) is 13.3. The Labute approximate surface area is 123 Å². The fraction of sp³-hybridized carbons (Fsp3) is 0.947. The van der Waals surface area contributed by atoms with E-state index in [1.54, 1.807) is 0 Å². The number of ketones is 1. The molecule has 112 valence electrons. The van der Waals surface area contributed by atoms with Crippen LogP contribution in [0.25, 0.3) is 0 Å². The zero-order chi connectivity index (χ0) is 14.0. The van der Waals surface area contributed by atoms with Gasteiger partial charge in [0, 0.05) is 12.3 Å². The first-order valence-electron chi connectivity index (χ1n) is 9.07. The van der Waals surface area contributed by atoms with Crippen molar-refractivity contribution in [2.45, 2.75) is 78.1 Å². The Morgan fingerprint density at radius 2 is 1.75 bits per heavy atom. The van der Waals surface area contributed by atoms with Crippen molar-refractivity contribution in [1.82, 2.24) is 0 Å². The Morgan fingerprint density at radius 1 is 0.900 bits per heavy atom. The van der Waals surface area contributed by atoms with Crippen LogP contribution in [0, 0.1) is 34.5 Å². The fourth-order valence-electron chi connectivity index (χ4n) is 7.09. The maximum atomic E-state index is 12.8. The molecule has 0 radical (unpaired) electrons. The molecule has 0 aromatic rings. The maximum absolute atomic E-state index is 12.8. The lowest BCUT2D eigenvalue weighted by Crippen LogP contribution is -2.55. The second kappa shape index (κ2) is 4.34. The highest BCUT2D eigenvalue weighted by Gasteiger charge is 2.59. The largest absolute Gasteiger partial charge is 0.299 e. The van der Waals surface area contributed by atoms with Crippen LogP contribution in [0.2, 0.25) is 0 Å². The molecule has 6 atom stereocenters. The van der Waals surface area contributed by atoms with Gasteiger partial charge in [-0.05, 0) is 67.1 Å². The normalized spacial score (nSPS) is 55.0. The van der Waals surface area contributed by atoms with Crippen molar-refractivity contribution in [2.75, 3.05) is 0 Å². The molecular formula is C19H30O. The molecule has 1 heteroatoms. The predicted octanol–water partition coefficient (Wildman–Crippen LogP) is 4.99. The second-order valence-electron chi connectivity index (χ2n) is 8.94. The molecule has 0 bridgehead atoms. The molecule has 4 aliphatic rings. The van der Waals surface area contributed by atoms with E-state index in [9.17, 15) is 4.79 Å². The Balaban J connectivity index is 1.70. The van der Waals surface area contributed by atoms with E-state index in [0.717, 1.165) is 24.2 Å². The monoisotopic (exact) mass is 274 g/mol. The van der Waals surface area contributed by atoms with E-state index in [1.807, 2.05) is 0 Å². The number of Topliss-reactive ketones (excluding diaryl/α,β-unsaturated/α-hetero) is 1. The van der Waals surface area contributed by atoms with E-state index in [4.69, 9.17) is 0 Å². The molecule has 0 saturated heterocycles. The first-order valence-corrected chi connectivity index (χ1v) is 9.07. The Morgan fingerprint density at radius 3 is 2.60 bits per heavy atom. The summed E-state index contributed by atoms with van der Waals surface area (Å²) in [5.74, 6) is 3.53. The van der Waals surface area contributed by atoms with Gasteiger partial charge in [-0.3, -0.25) is 4.79 Å². The third-order valence-electron chi connectivity index (χ3n) is 8.15. The van der Waals surface area contributed by atoms with Crippen LogP contribution in [0.1, 0.15) is 78.1 Å². The van der Waals surface area contributed by atoms with E-state index in [2.05, 4.69) is 13.8 Å². The predicted molar refractivity (Wildman–Crippen MR) is 81.4 cm³/mol. The summed E-state index contributed by atoms with van der Waals surface area (Å²) in [6.07, 6.45) is 13.2. The lowest BCUT2D eigenvalue weighted by molar-refractivity contribution is -0.152. The quantitative estimate of drug-likeness (QED) is 0.608. The fourth-order valence-corrected chi connectivity index (χ4v) is 7.09. The van der Waals surface area contributed by atoms with Crippen molar-refractivity contribution in [3.05, 3.63) is 0 Å². The third-order valence-corrected chi connectivity index (χ3v) is 8.15. The standard InChI is InChI=1S/C19H30O/c1-18-9-5-7-14(18)13-12-17(20)16-6-3-4-10-19(16,2)15(13)8-11-18/h13-16H,3-12H2,1-2H3/t13-,14+,15-,16+,18+,19-/m0/s1. The van der Waals surface area contributed by atoms with Gasteiger partial charge < -0.3 is 0 Å². The first-order chi connectivity index (χ1) is 9.55. The summed E-state index contributed by atoms with van der Waals surface area (Å²) in [5.41, 5.74) is 0.946. The topological polar surface area (TPSA) is 17.1 Å². The van der Waals surface area contributed by atoms with Crippen LogP contribution in [0.15, 0.2) is 0 Å². The van der Waals surface area contributed by atoms with Crippen LogP contribution in [0.5, 0.6) is 0 Å². The zero-order valence-electron chi connectivity index (χ0n) is 13.3. The van der Waals surface area contributed by atoms with Gasteiger partial charge in [0.05, 0.1) is 0 Å². The summed E-state index contributed by atoms with van der Waals surface area (Å²) >= 11 is 0. The van der Waals surface area contributed by atoms with Gasteiger partial charge in [0.2, 0.25) is 0 Å². The Bertz CT molecular complexity index is 427. The molecule has 0 N–H and O–H groups in total. The molecule has 4 rings (SSSR count). The molecule has 0 aliphatic heterocycles. The van der Waals surface area contributed by atoms with E-state index < -0.39 is 0 Å². The molecule has 0 amide bonds. The number of hydrogen-bond donors (Lipinski definition) is 0. The van der Waals surface area contributed by atoms with E-state index in [-0.39, 0.29) is 0 Å². The zero-order valence-corrected chi connectivity index (χ0v) is 13.3. The highest BCUT2D eigenvalue weighted by atomic mass is 16.1. The van der Waals surface area contributed by atoms with Gasteiger partial charge in [-0.2, -0.15) is 0 Å². The van der Waals surface area contributed by atoms with E-state index in [0.29, 0.717) is 22.5 Å². The van der Waals surface area contributed by atoms with Crippen LogP contribution in [-0.4, -0.2) is 5.78 Å². The van der Waals surface area contributed by atoms with Gasteiger partial charge in [-0.15, -0.1) is 0 Å². The van der Waals surface area contributed by atoms with Crippen LogP contribution in [-0.2, 0) is 4.79 Å². The minimum Gasteiger partial charge on any atom is -0.299 e. The number of fused-ring (bicyclic) bond motifs is 5. The van der Waals surface area contributed by atoms with Gasteiger partial charge in [0.1, 0.15) is 5.78 Å². The average Bonchev–Trinajstić information content (AvgIpc) is 2.81. The summed E-state index contributed by atoms with van der Waals surface area (Å²) in [4.78, 5) is 12.8. The summed E-state index contributed by atoms with van der Waals surface area (Å²) < 4.78 is 0. The SMILES string of the molecule is C[C@]12CCC[C@@H]1[C@@H]1CC(=O)[C@H]3CCCC[C@@]3(C)[C@H]1CC2. The molecule has 0 unspecified atom stereocenters. The lowest BCUT2D eigenvalue weighted by atomic mass is 9.45. The number of rotatable bonds is 0. The molecule has 4 saturated carbocycles. The summed E-state index contributed by atoms with van der Waals surface area (Å²) in [5, 5.41) is 0. The number of carbonyl (C=O) groups is 1. The van der Waals surface area contributed by atoms with Crippen molar-refractivity contribution >= 4 is 5.78 Å². The van der Waals surface area contributed by atoms with Crippen molar-refractivity contribution in [1.29, 1.82) is 0 Å². The molecule has 1 nitrogen and oxygen atoms in total. The lowest BCUT2D eigenvalue weighted by Gasteiger charge is -2.59. The summed E-state index contributed by atoms with van der Waals surface area (Å²) in [6.45, 7) is 5.02. The van der Waals surface area contributed by atoms with E-state index >= 15 is 0 Å². The van der Waals surface area contributed by atoms with Gasteiger partial charge >= 0.3 is 0 Å². The van der Waals surface area contributed by atoms with Crippen molar-refractivity contribution in [3.8, 4) is 0 Å². The van der Waals surface area contributed by atoms with Gasteiger partial charge in [0.25, 0.3) is 0 Å². The molecule has 20 heavy (non-hydrogen) atoms.